The molecule has 1 fully saturated rings. The number of benzene rings is 1. The minimum atomic E-state index is -0.801. The molecular weight excluding hydrogens is 320 g/mol. The lowest BCUT2D eigenvalue weighted by Gasteiger charge is -2.22. The Morgan fingerprint density at radius 2 is 2.10 bits per heavy atom. The molecule has 4 heteroatoms. The van der Waals surface area contributed by atoms with Crippen molar-refractivity contribution in [3.05, 3.63) is 27.7 Å². The van der Waals surface area contributed by atoms with Crippen molar-refractivity contribution in [2.45, 2.75) is 40.0 Å². The molecule has 0 atom stereocenters. The average Bonchev–Trinajstić information content (AvgIpc) is 3.10. The topological polar surface area (TPSA) is 46.5 Å². The second-order valence-electron chi connectivity index (χ2n) is 6.36. The fourth-order valence-corrected chi connectivity index (χ4v) is 2.86. The van der Waals surface area contributed by atoms with Gasteiger partial charge in [0.1, 0.15) is 5.75 Å². The number of ether oxygens (including phenoxy) is 1. The SMILES string of the molecule is Cc1cc(Br)c(OCC2CC2)c(CC(C)(C)C(=O)O)c1. The van der Waals surface area contributed by atoms with E-state index in [4.69, 9.17) is 4.74 Å². The third-order valence-electron chi connectivity index (χ3n) is 3.64. The van der Waals surface area contributed by atoms with E-state index in [1.165, 1.54) is 12.8 Å². The minimum Gasteiger partial charge on any atom is -0.492 e. The normalized spacial score (nSPS) is 15.2. The molecule has 3 nitrogen and oxygen atoms in total. The van der Waals surface area contributed by atoms with Crippen LogP contribution in [-0.2, 0) is 11.2 Å². The molecule has 1 aliphatic rings. The maximum absolute atomic E-state index is 11.3. The number of aliphatic carboxylic acids is 1. The number of hydrogen-bond acceptors (Lipinski definition) is 2. The standard InChI is InChI=1S/C16H21BrO3/c1-10-6-12(8-16(2,3)15(18)19)14(13(17)7-10)20-9-11-4-5-11/h6-7,11H,4-5,8-9H2,1-3H3,(H,18,19). The zero-order valence-corrected chi connectivity index (χ0v) is 13.8. The second kappa shape index (κ2) is 5.76. The van der Waals surface area contributed by atoms with Crippen LogP contribution in [0.3, 0.4) is 0 Å². The van der Waals surface area contributed by atoms with Crippen LogP contribution in [0.4, 0.5) is 0 Å². The summed E-state index contributed by atoms with van der Waals surface area (Å²) in [5, 5.41) is 9.31. The molecule has 0 aliphatic heterocycles. The zero-order valence-electron chi connectivity index (χ0n) is 12.2. The molecule has 1 aromatic rings. The first-order valence-corrected chi connectivity index (χ1v) is 7.74. The van der Waals surface area contributed by atoms with E-state index >= 15 is 0 Å². The molecule has 0 saturated heterocycles. The van der Waals surface area contributed by atoms with Crippen LogP contribution < -0.4 is 4.74 Å². The quantitative estimate of drug-likeness (QED) is 0.844. The number of carbonyl (C=O) groups is 1. The maximum Gasteiger partial charge on any atom is 0.309 e. The van der Waals surface area contributed by atoms with Crippen molar-refractivity contribution >= 4 is 21.9 Å². The van der Waals surface area contributed by atoms with E-state index in [0.29, 0.717) is 12.3 Å². The Bertz CT molecular complexity index is 519. The van der Waals surface area contributed by atoms with E-state index in [0.717, 1.165) is 28.0 Å². The highest BCUT2D eigenvalue weighted by Gasteiger charge is 2.30. The summed E-state index contributed by atoms with van der Waals surface area (Å²) in [5.74, 6) is 0.684. The Morgan fingerprint density at radius 3 is 2.65 bits per heavy atom. The molecule has 1 aromatic carbocycles. The highest BCUT2D eigenvalue weighted by atomic mass is 79.9. The van der Waals surface area contributed by atoms with Crippen LogP contribution in [0.1, 0.15) is 37.8 Å². The van der Waals surface area contributed by atoms with Crippen LogP contribution in [0.5, 0.6) is 5.75 Å². The van der Waals surface area contributed by atoms with Gasteiger partial charge in [0, 0.05) is 0 Å². The van der Waals surface area contributed by atoms with Gasteiger partial charge in [-0.25, -0.2) is 0 Å². The van der Waals surface area contributed by atoms with Crippen LogP contribution in [-0.4, -0.2) is 17.7 Å². The van der Waals surface area contributed by atoms with Crippen LogP contribution in [0, 0.1) is 18.3 Å². The van der Waals surface area contributed by atoms with Crippen LogP contribution in [0.2, 0.25) is 0 Å². The number of rotatable bonds is 6. The maximum atomic E-state index is 11.3. The van der Waals surface area contributed by atoms with Gasteiger partial charge in [0.25, 0.3) is 0 Å². The molecular formula is C16H21BrO3. The van der Waals surface area contributed by atoms with Crippen LogP contribution in [0.15, 0.2) is 16.6 Å². The third kappa shape index (κ3) is 3.75. The highest BCUT2D eigenvalue weighted by Crippen LogP contribution is 2.37. The Hall–Kier alpha value is -1.03. The molecule has 2 rings (SSSR count). The van der Waals surface area contributed by atoms with Crippen molar-refractivity contribution < 1.29 is 14.6 Å². The van der Waals surface area contributed by atoms with E-state index < -0.39 is 11.4 Å². The molecule has 0 spiro atoms. The van der Waals surface area contributed by atoms with E-state index in [-0.39, 0.29) is 0 Å². The summed E-state index contributed by atoms with van der Waals surface area (Å²) in [5.41, 5.74) is 1.27. The van der Waals surface area contributed by atoms with Gasteiger partial charge in [0.2, 0.25) is 0 Å². The lowest BCUT2D eigenvalue weighted by atomic mass is 9.85. The van der Waals surface area contributed by atoms with Crippen molar-refractivity contribution in [3.8, 4) is 5.75 Å². The first-order valence-electron chi connectivity index (χ1n) is 6.95. The number of carboxylic acids is 1. The molecule has 20 heavy (non-hydrogen) atoms. The molecule has 1 N–H and O–H groups in total. The second-order valence-corrected chi connectivity index (χ2v) is 7.21. The van der Waals surface area contributed by atoms with Crippen molar-refractivity contribution in [1.29, 1.82) is 0 Å². The fourth-order valence-electron chi connectivity index (χ4n) is 2.13. The molecule has 0 aromatic heterocycles. The van der Waals surface area contributed by atoms with E-state index in [9.17, 15) is 9.90 Å². The summed E-state index contributed by atoms with van der Waals surface area (Å²) in [4.78, 5) is 11.3. The Balaban J connectivity index is 2.26. The minimum absolute atomic E-state index is 0.461. The van der Waals surface area contributed by atoms with Gasteiger partial charge in [0.15, 0.2) is 0 Å². The van der Waals surface area contributed by atoms with Gasteiger partial charge in [-0.3, -0.25) is 4.79 Å². The monoisotopic (exact) mass is 340 g/mol. The van der Waals surface area contributed by atoms with Crippen molar-refractivity contribution in [2.24, 2.45) is 11.3 Å². The predicted octanol–water partition coefficient (Wildman–Crippen LogP) is 4.20. The fraction of sp³-hybridized carbons (Fsp3) is 0.562. The molecule has 110 valence electrons. The molecule has 0 radical (unpaired) electrons. The molecule has 1 aliphatic carbocycles. The summed E-state index contributed by atoms with van der Waals surface area (Å²) in [6.07, 6.45) is 2.93. The Labute approximate surface area is 128 Å². The molecule has 0 unspecified atom stereocenters. The number of halogens is 1. The lowest BCUT2D eigenvalue weighted by molar-refractivity contribution is -0.146. The van der Waals surface area contributed by atoms with Crippen LogP contribution >= 0.6 is 15.9 Å². The Morgan fingerprint density at radius 1 is 1.45 bits per heavy atom. The molecule has 1 saturated carbocycles. The summed E-state index contributed by atoms with van der Waals surface area (Å²) in [6, 6.07) is 4.04. The summed E-state index contributed by atoms with van der Waals surface area (Å²) < 4.78 is 6.84. The lowest BCUT2D eigenvalue weighted by Crippen LogP contribution is -2.26. The van der Waals surface area contributed by atoms with Gasteiger partial charge in [-0.2, -0.15) is 0 Å². The smallest absolute Gasteiger partial charge is 0.309 e. The first-order chi connectivity index (χ1) is 9.29. The van der Waals surface area contributed by atoms with Gasteiger partial charge < -0.3 is 9.84 Å². The molecule has 0 bridgehead atoms. The van der Waals surface area contributed by atoms with Crippen molar-refractivity contribution in [3.63, 3.8) is 0 Å². The average molecular weight is 341 g/mol. The molecule has 0 amide bonds. The summed E-state index contributed by atoms with van der Waals surface area (Å²) in [6.45, 7) is 6.22. The first kappa shape index (κ1) is 15.4. The third-order valence-corrected chi connectivity index (χ3v) is 4.23. The number of hydrogen-bond donors (Lipinski definition) is 1. The summed E-state index contributed by atoms with van der Waals surface area (Å²) >= 11 is 3.54. The summed E-state index contributed by atoms with van der Waals surface area (Å²) in [7, 11) is 0. The van der Waals surface area contributed by atoms with E-state index in [2.05, 4.69) is 15.9 Å². The zero-order chi connectivity index (χ0) is 14.9. The molecule has 0 heterocycles. The van der Waals surface area contributed by atoms with Crippen LogP contribution in [0.25, 0.3) is 0 Å². The predicted molar refractivity (Wildman–Crippen MR) is 82.2 cm³/mol. The van der Waals surface area contributed by atoms with Gasteiger partial charge in [-0.1, -0.05) is 6.07 Å². The largest absolute Gasteiger partial charge is 0.492 e. The van der Waals surface area contributed by atoms with Crippen molar-refractivity contribution in [2.75, 3.05) is 6.61 Å². The van der Waals surface area contributed by atoms with Gasteiger partial charge in [0.05, 0.1) is 16.5 Å². The number of carboxylic acid groups (broad SMARTS) is 1. The number of aryl methyl sites for hydroxylation is 1. The van der Waals surface area contributed by atoms with Gasteiger partial charge in [-0.15, -0.1) is 0 Å². The van der Waals surface area contributed by atoms with E-state index in [1.54, 1.807) is 13.8 Å². The van der Waals surface area contributed by atoms with Gasteiger partial charge >= 0.3 is 5.97 Å². The Kier molecular flexibility index (Phi) is 4.43. The van der Waals surface area contributed by atoms with Gasteiger partial charge in [-0.05, 0) is 79.1 Å². The van der Waals surface area contributed by atoms with Crippen molar-refractivity contribution in [1.82, 2.24) is 0 Å². The van der Waals surface area contributed by atoms with E-state index in [1.807, 2.05) is 19.1 Å². The highest BCUT2D eigenvalue weighted by molar-refractivity contribution is 9.10.